The summed E-state index contributed by atoms with van der Waals surface area (Å²) in [5.74, 6) is 1.99. The summed E-state index contributed by atoms with van der Waals surface area (Å²) in [6.07, 6.45) is -0.00926. The lowest BCUT2D eigenvalue weighted by Crippen LogP contribution is -1.98. The van der Waals surface area contributed by atoms with Crippen molar-refractivity contribution in [3.63, 3.8) is 0 Å². The molecule has 1 unspecified atom stereocenters. The molecular weight excluding hydrogens is 154 g/mol. The second-order valence-electron chi connectivity index (χ2n) is 3.11. The monoisotopic (exact) mass is 169 g/mol. The molecule has 0 amide bonds. The third-order valence-electron chi connectivity index (χ3n) is 1.78. The van der Waals surface area contributed by atoms with E-state index in [0.717, 1.165) is 11.6 Å². The molecule has 0 saturated heterocycles. The Morgan fingerprint density at radius 1 is 1.33 bits per heavy atom. The molecule has 4 heteroatoms. The summed E-state index contributed by atoms with van der Waals surface area (Å²) in [4.78, 5) is 4.29. The maximum Gasteiger partial charge on any atom is 0.153 e. The van der Waals surface area contributed by atoms with Gasteiger partial charge in [0.25, 0.3) is 0 Å². The molecule has 12 heavy (non-hydrogen) atoms. The van der Waals surface area contributed by atoms with Gasteiger partial charge in [-0.3, -0.25) is 5.10 Å². The molecular formula is C8H15N3O. The van der Waals surface area contributed by atoms with E-state index in [4.69, 9.17) is 4.74 Å². The highest BCUT2D eigenvalue weighted by atomic mass is 16.5. The molecule has 0 fully saturated rings. The van der Waals surface area contributed by atoms with E-state index in [-0.39, 0.29) is 6.10 Å². The number of hydrogen-bond acceptors (Lipinski definition) is 3. The lowest BCUT2D eigenvalue weighted by atomic mass is 10.2. The summed E-state index contributed by atoms with van der Waals surface area (Å²) in [5, 5.41) is 6.92. The quantitative estimate of drug-likeness (QED) is 0.748. The van der Waals surface area contributed by atoms with Crippen LogP contribution >= 0.6 is 0 Å². The molecule has 1 N–H and O–H groups in total. The van der Waals surface area contributed by atoms with Crippen molar-refractivity contribution in [2.45, 2.75) is 32.8 Å². The Kier molecular flexibility index (Phi) is 2.81. The summed E-state index contributed by atoms with van der Waals surface area (Å²) in [6.45, 7) is 6.06. The summed E-state index contributed by atoms with van der Waals surface area (Å²) >= 11 is 0. The molecule has 4 nitrogen and oxygen atoms in total. The Hall–Kier alpha value is -0.900. The molecule has 1 heterocycles. The molecule has 1 aromatic heterocycles. The predicted molar refractivity (Wildman–Crippen MR) is 45.9 cm³/mol. The number of hydrogen-bond donors (Lipinski definition) is 1. The lowest BCUT2D eigenvalue weighted by molar-refractivity contribution is 0.112. The third kappa shape index (κ3) is 1.82. The minimum absolute atomic E-state index is 0.00926. The fourth-order valence-corrected chi connectivity index (χ4v) is 0.840. The van der Waals surface area contributed by atoms with Gasteiger partial charge in [-0.2, -0.15) is 5.10 Å². The van der Waals surface area contributed by atoms with Gasteiger partial charge in [0.2, 0.25) is 0 Å². The molecule has 0 radical (unpaired) electrons. The highest BCUT2D eigenvalue weighted by molar-refractivity contribution is 4.96. The first kappa shape index (κ1) is 9.19. The Morgan fingerprint density at radius 3 is 2.42 bits per heavy atom. The van der Waals surface area contributed by atoms with Gasteiger partial charge in [0.1, 0.15) is 6.10 Å². The minimum atomic E-state index is -0.00926. The van der Waals surface area contributed by atoms with Crippen molar-refractivity contribution >= 4 is 0 Å². The first-order chi connectivity index (χ1) is 5.65. The first-order valence-corrected chi connectivity index (χ1v) is 4.10. The van der Waals surface area contributed by atoms with Gasteiger partial charge in [-0.05, 0) is 6.92 Å². The Labute approximate surface area is 72.4 Å². The highest BCUT2D eigenvalue weighted by Crippen LogP contribution is 2.13. The van der Waals surface area contributed by atoms with Crippen LogP contribution in [0.1, 0.15) is 44.4 Å². The van der Waals surface area contributed by atoms with Crippen LogP contribution in [0.3, 0.4) is 0 Å². The van der Waals surface area contributed by atoms with Gasteiger partial charge < -0.3 is 4.74 Å². The van der Waals surface area contributed by atoms with Crippen molar-refractivity contribution in [3.8, 4) is 0 Å². The summed E-state index contributed by atoms with van der Waals surface area (Å²) in [6, 6.07) is 0. The van der Waals surface area contributed by atoms with E-state index in [1.807, 2.05) is 6.92 Å². The highest BCUT2D eigenvalue weighted by Gasteiger charge is 2.11. The van der Waals surface area contributed by atoms with Crippen molar-refractivity contribution in [1.29, 1.82) is 0 Å². The molecule has 1 aromatic rings. The lowest BCUT2D eigenvalue weighted by Gasteiger charge is -2.03. The van der Waals surface area contributed by atoms with Crippen LogP contribution in [0.25, 0.3) is 0 Å². The van der Waals surface area contributed by atoms with Crippen molar-refractivity contribution < 1.29 is 4.74 Å². The van der Waals surface area contributed by atoms with Crippen LogP contribution in [0.2, 0.25) is 0 Å². The van der Waals surface area contributed by atoms with Crippen molar-refractivity contribution in [2.75, 3.05) is 7.11 Å². The second kappa shape index (κ2) is 3.67. The first-order valence-electron chi connectivity index (χ1n) is 4.10. The number of aromatic nitrogens is 3. The number of nitrogens with zero attached hydrogens (tertiary/aromatic N) is 2. The van der Waals surface area contributed by atoms with Gasteiger partial charge in [-0.1, -0.05) is 13.8 Å². The molecule has 0 spiro atoms. The maximum atomic E-state index is 5.10. The maximum absolute atomic E-state index is 5.10. The minimum Gasteiger partial charge on any atom is -0.374 e. The van der Waals surface area contributed by atoms with E-state index in [1.54, 1.807) is 7.11 Å². The van der Waals surface area contributed by atoms with Crippen LogP contribution in [0, 0.1) is 0 Å². The number of H-pyrrole nitrogens is 1. The number of methoxy groups -OCH3 is 1. The van der Waals surface area contributed by atoms with Gasteiger partial charge in [0, 0.05) is 13.0 Å². The zero-order valence-electron chi connectivity index (χ0n) is 7.96. The molecule has 0 saturated carbocycles. The molecule has 0 bridgehead atoms. The normalized spacial score (nSPS) is 13.8. The zero-order valence-corrected chi connectivity index (χ0v) is 7.96. The topological polar surface area (TPSA) is 50.8 Å². The number of rotatable bonds is 3. The largest absolute Gasteiger partial charge is 0.374 e. The van der Waals surface area contributed by atoms with Crippen LogP contribution in [-0.4, -0.2) is 22.3 Å². The molecule has 0 aliphatic carbocycles. The van der Waals surface area contributed by atoms with Crippen LogP contribution < -0.4 is 0 Å². The number of ether oxygens (including phenoxy) is 1. The third-order valence-corrected chi connectivity index (χ3v) is 1.78. The van der Waals surface area contributed by atoms with E-state index in [1.165, 1.54) is 0 Å². The fraction of sp³-hybridized carbons (Fsp3) is 0.750. The SMILES string of the molecule is COC(C)c1nc(C(C)C)n[nH]1. The van der Waals surface area contributed by atoms with Crippen molar-refractivity contribution in [1.82, 2.24) is 15.2 Å². The molecule has 68 valence electrons. The van der Waals surface area contributed by atoms with Crippen LogP contribution in [0.15, 0.2) is 0 Å². The van der Waals surface area contributed by atoms with Gasteiger partial charge in [0.15, 0.2) is 11.6 Å². The van der Waals surface area contributed by atoms with Gasteiger partial charge in [0.05, 0.1) is 0 Å². The van der Waals surface area contributed by atoms with Gasteiger partial charge in [-0.25, -0.2) is 4.98 Å². The van der Waals surface area contributed by atoms with E-state index in [9.17, 15) is 0 Å². The Bertz CT molecular complexity index is 244. The average Bonchev–Trinajstić information content (AvgIpc) is 2.51. The molecule has 0 aromatic carbocycles. The van der Waals surface area contributed by atoms with E-state index in [0.29, 0.717) is 5.92 Å². The van der Waals surface area contributed by atoms with Crippen molar-refractivity contribution in [2.24, 2.45) is 0 Å². The van der Waals surface area contributed by atoms with Crippen LogP contribution in [0.4, 0.5) is 0 Å². The standard InChI is InChI=1S/C8H15N3O/c1-5(2)7-9-8(11-10-7)6(3)12-4/h5-6H,1-4H3,(H,9,10,11). The molecule has 0 aliphatic heterocycles. The van der Waals surface area contributed by atoms with Crippen LogP contribution in [-0.2, 0) is 4.74 Å². The fourth-order valence-electron chi connectivity index (χ4n) is 0.840. The predicted octanol–water partition coefficient (Wildman–Crippen LogP) is 1.64. The number of nitrogens with one attached hydrogen (secondary N) is 1. The molecule has 0 aliphatic rings. The van der Waals surface area contributed by atoms with Crippen LogP contribution in [0.5, 0.6) is 0 Å². The average molecular weight is 169 g/mol. The molecule has 1 atom stereocenters. The Morgan fingerprint density at radius 2 is 2.00 bits per heavy atom. The zero-order chi connectivity index (χ0) is 9.14. The molecule has 1 rings (SSSR count). The van der Waals surface area contributed by atoms with Crippen molar-refractivity contribution in [3.05, 3.63) is 11.6 Å². The van der Waals surface area contributed by atoms with Gasteiger partial charge in [-0.15, -0.1) is 0 Å². The van der Waals surface area contributed by atoms with E-state index < -0.39 is 0 Å². The summed E-state index contributed by atoms with van der Waals surface area (Å²) in [5.41, 5.74) is 0. The van der Waals surface area contributed by atoms with E-state index >= 15 is 0 Å². The Balaban J connectivity index is 2.77. The number of aromatic amines is 1. The second-order valence-corrected chi connectivity index (χ2v) is 3.11. The smallest absolute Gasteiger partial charge is 0.153 e. The van der Waals surface area contributed by atoms with Gasteiger partial charge >= 0.3 is 0 Å². The summed E-state index contributed by atoms with van der Waals surface area (Å²) < 4.78 is 5.10. The summed E-state index contributed by atoms with van der Waals surface area (Å²) in [7, 11) is 1.65. The van der Waals surface area contributed by atoms with E-state index in [2.05, 4.69) is 29.0 Å².